The molecule has 2 saturated heterocycles. The summed E-state index contributed by atoms with van der Waals surface area (Å²) in [4.78, 5) is -0.103. The lowest BCUT2D eigenvalue weighted by Crippen LogP contribution is -2.57. The topological polar surface area (TPSA) is 96.0 Å². The Hall–Kier alpha value is -1.79. The molecule has 2 aromatic carbocycles. The van der Waals surface area contributed by atoms with E-state index in [0.717, 1.165) is 12.1 Å². The van der Waals surface area contributed by atoms with Crippen LogP contribution in [0.3, 0.4) is 0 Å². The highest BCUT2D eigenvalue weighted by atomic mass is 35.5. The number of hydrogen-bond acceptors (Lipinski definition) is 7. The van der Waals surface area contributed by atoms with Crippen molar-refractivity contribution in [2.24, 2.45) is 5.92 Å². The lowest BCUT2D eigenvalue weighted by molar-refractivity contribution is -0.0732. The fraction of sp³-hybridized carbons (Fsp3) is 0.520. The highest BCUT2D eigenvalue weighted by Gasteiger charge is 2.61. The minimum atomic E-state index is -4.35. The molecule has 3 heterocycles. The predicted octanol–water partition coefficient (Wildman–Crippen LogP) is 4.07. The van der Waals surface area contributed by atoms with Crippen LogP contribution < -0.4 is 4.74 Å². The molecule has 37 heavy (non-hydrogen) atoms. The molecule has 0 N–H and O–H groups in total. The Labute approximate surface area is 219 Å². The van der Waals surface area contributed by atoms with Crippen molar-refractivity contribution in [2.75, 3.05) is 32.2 Å². The Balaban J connectivity index is 1.58. The monoisotopic (exact) mass is 576 g/mol. The zero-order valence-electron chi connectivity index (χ0n) is 19.9. The Morgan fingerprint density at radius 1 is 0.946 bits per heavy atom. The maximum Gasteiger partial charge on any atom is 0.189 e. The fourth-order valence-corrected chi connectivity index (χ4v) is 10.1. The second kappa shape index (κ2) is 10.1. The molecule has 5 rings (SSSR count). The molecule has 0 aromatic heterocycles. The maximum absolute atomic E-state index is 15.4. The first-order chi connectivity index (χ1) is 17.6. The van der Waals surface area contributed by atoms with Gasteiger partial charge in [-0.25, -0.2) is 25.6 Å². The molecule has 3 atom stereocenters. The van der Waals surface area contributed by atoms with Gasteiger partial charge in [0.2, 0.25) is 0 Å². The van der Waals surface area contributed by atoms with Crippen LogP contribution in [0, 0.1) is 17.6 Å². The average molecular weight is 577 g/mol. The summed E-state index contributed by atoms with van der Waals surface area (Å²) in [5.74, 6) is -3.42. The van der Waals surface area contributed by atoms with Crippen LogP contribution >= 0.6 is 11.6 Å². The van der Waals surface area contributed by atoms with Crippen LogP contribution in [0.15, 0.2) is 41.3 Å². The van der Waals surface area contributed by atoms with E-state index in [9.17, 15) is 21.2 Å². The number of hydrogen-bond donors (Lipinski definition) is 0. The summed E-state index contributed by atoms with van der Waals surface area (Å²) in [6.45, 7) is 0.373. The van der Waals surface area contributed by atoms with Gasteiger partial charge in [0.15, 0.2) is 31.2 Å². The molecule has 2 fully saturated rings. The Morgan fingerprint density at radius 3 is 2.32 bits per heavy atom. The van der Waals surface area contributed by atoms with Crippen molar-refractivity contribution in [3.8, 4) is 5.75 Å². The van der Waals surface area contributed by atoms with Crippen molar-refractivity contribution < 1.29 is 39.8 Å². The number of halogens is 3. The molecule has 3 aliphatic heterocycles. The second-order valence-electron chi connectivity index (χ2n) is 9.62. The third-order valence-corrected chi connectivity index (χ3v) is 12.8. The van der Waals surface area contributed by atoms with Gasteiger partial charge in [0.1, 0.15) is 10.6 Å². The Morgan fingerprint density at radius 2 is 1.62 bits per heavy atom. The van der Waals surface area contributed by atoms with Crippen molar-refractivity contribution in [1.29, 1.82) is 0 Å². The fourth-order valence-electron chi connectivity index (χ4n) is 5.82. The molecule has 12 heteroatoms. The standard InChI is InChI=1S/C25H27ClF2O7S2/c26-16-1-3-18(4-2-16)37(31,32)25-10-13-34-22(9-14-36(29,30)17-7-11-33-12-8-17)19(25)15-35-24-21(28)6-5-20(27)23(24)25/h1-6,17,19,22H,7-15H2/t19-,22-,25-/m0/s1. The van der Waals surface area contributed by atoms with Gasteiger partial charge < -0.3 is 14.2 Å². The van der Waals surface area contributed by atoms with E-state index < -0.39 is 59.1 Å². The summed E-state index contributed by atoms with van der Waals surface area (Å²) in [5, 5.41) is -0.219. The highest BCUT2D eigenvalue weighted by Crippen LogP contribution is 2.56. The normalized spacial score (nSPS) is 26.7. The van der Waals surface area contributed by atoms with Gasteiger partial charge in [-0.1, -0.05) is 11.6 Å². The molecule has 202 valence electrons. The van der Waals surface area contributed by atoms with Crippen LogP contribution in [0.5, 0.6) is 5.75 Å². The van der Waals surface area contributed by atoms with E-state index in [-0.39, 0.29) is 42.3 Å². The number of sulfone groups is 2. The van der Waals surface area contributed by atoms with Crippen LogP contribution in [0.4, 0.5) is 8.78 Å². The van der Waals surface area contributed by atoms with E-state index in [1.54, 1.807) is 0 Å². The second-order valence-corrected chi connectivity index (χ2v) is 14.7. The summed E-state index contributed by atoms with van der Waals surface area (Å²) >= 11 is 5.97. The molecular weight excluding hydrogens is 550 g/mol. The summed E-state index contributed by atoms with van der Waals surface area (Å²) in [6, 6.07) is 7.28. The van der Waals surface area contributed by atoms with Gasteiger partial charge in [-0.3, -0.25) is 0 Å². The smallest absolute Gasteiger partial charge is 0.189 e. The maximum atomic E-state index is 15.4. The largest absolute Gasteiger partial charge is 0.490 e. The third-order valence-electron chi connectivity index (χ3n) is 7.71. The minimum Gasteiger partial charge on any atom is -0.490 e. The summed E-state index contributed by atoms with van der Waals surface area (Å²) in [5.41, 5.74) is -0.376. The van der Waals surface area contributed by atoms with E-state index in [1.165, 1.54) is 24.3 Å². The predicted molar refractivity (Wildman–Crippen MR) is 132 cm³/mol. The summed E-state index contributed by atoms with van der Waals surface area (Å²) in [7, 11) is -7.86. The van der Waals surface area contributed by atoms with Crippen molar-refractivity contribution in [1.82, 2.24) is 0 Å². The molecule has 7 nitrogen and oxygen atoms in total. The molecule has 2 aromatic rings. The number of ether oxygens (including phenoxy) is 3. The highest BCUT2D eigenvalue weighted by molar-refractivity contribution is 7.92. The van der Waals surface area contributed by atoms with Crippen LogP contribution in [-0.2, 0) is 33.9 Å². The molecule has 0 radical (unpaired) electrons. The first-order valence-electron chi connectivity index (χ1n) is 12.1. The van der Waals surface area contributed by atoms with Crippen molar-refractivity contribution in [3.63, 3.8) is 0 Å². The molecular formula is C25H27ClF2O7S2. The summed E-state index contributed by atoms with van der Waals surface area (Å²) < 4.78 is 99.8. The first kappa shape index (κ1) is 26.8. The number of benzene rings is 2. The lowest BCUT2D eigenvalue weighted by Gasteiger charge is -2.50. The van der Waals surface area contributed by atoms with E-state index in [4.69, 9.17) is 25.8 Å². The van der Waals surface area contributed by atoms with E-state index in [2.05, 4.69) is 0 Å². The molecule has 0 unspecified atom stereocenters. The van der Waals surface area contributed by atoms with Gasteiger partial charge in [-0.15, -0.1) is 0 Å². The van der Waals surface area contributed by atoms with Crippen molar-refractivity contribution in [3.05, 3.63) is 58.6 Å². The minimum absolute atomic E-state index is 0.00211. The van der Waals surface area contributed by atoms with Crippen LogP contribution in [-0.4, -0.2) is 60.4 Å². The van der Waals surface area contributed by atoms with E-state index in [1.807, 2.05) is 0 Å². The van der Waals surface area contributed by atoms with Crippen LogP contribution in [0.1, 0.15) is 31.2 Å². The van der Waals surface area contributed by atoms with Gasteiger partial charge >= 0.3 is 0 Å². The SMILES string of the molecule is O=S(=O)(CC[C@@H]1OCC[C@@]2(S(=O)(=O)c3ccc(Cl)cc3)c3c(F)ccc(F)c3OC[C@@H]12)C1CCOCC1. The van der Waals surface area contributed by atoms with Gasteiger partial charge in [0, 0.05) is 30.8 Å². The molecule has 3 aliphatic rings. The Bertz CT molecular complexity index is 1380. The average Bonchev–Trinajstić information content (AvgIpc) is 2.89. The Kier molecular flexibility index (Phi) is 7.29. The van der Waals surface area contributed by atoms with Gasteiger partial charge in [-0.05, 0) is 62.1 Å². The van der Waals surface area contributed by atoms with E-state index in [0.29, 0.717) is 31.1 Å². The van der Waals surface area contributed by atoms with Gasteiger partial charge in [-0.2, -0.15) is 0 Å². The first-order valence-corrected chi connectivity index (χ1v) is 15.7. The third kappa shape index (κ3) is 4.56. The van der Waals surface area contributed by atoms with Crippen molar-refractivity contribution >= 4 is 31.3 Å². The van der Waals surface area contributed by atoms with E-state index >= 15 is 4.39 Å². The quantitative estimate of drug-likeness (QED) is 0.511. The molecule has 0 bridgehead atoms. The van der Waals surface area contributed by atoms with Gasteiger partial charge in [0.05, 0.1) is 34.2 Å². The molecule has 0 aliphatic carbocycles. The van der Waals surface area contributed by atoms with Crippen LogP contribution in [0.2, 0.25) is 5.02 Å². The molecule has 0 saturated carbocycles. The summed E-state index contributed by atoms with van der Waals surface area (Å²) in [6.07, 6.45) is -0.234. The zero-order chi connectivity index (χ0) is 26.4. The lowest BCUT2D eigenvalue weighted by atomic mass is 9.75. The zero-order valence-corrected chi connectivity index (χ0v) is 22.3. The molecule has 0 spiro atoms. The molecule has 0 amide bonds. The van der Waals surface area contributed by atoms with Crippen molar-refractivity contribution in [2.45, 2.75) is 46.7 Å². The van der Waals surface area contributed by atoms with Gasteiger partial charge in [0.25, 0.3) is 0 Å². The number of rotatable bonds is 6. The number of fused-ring (bicyclic) bond motifs is 3. The van der Waals surface area contributed by atoms with Crippen LogP contribution in [0.25, 0.3) is 0 Å².